The molecule has 1 aromatic carbocycles. The second-order valence-electron chi connectivity index (χ2n) is 3.65. The van der Waals surface area contributed by atoms with Gasteiger partial charge < -0.3 is 4.74 Å². The summed E-state index contributed by atoms with van der Waals surface area (Å²) in [4.78, 5) is 5.84. The molecule has 0 bridgehead atoms. The van der Waals surface area contributed by atoms with Crippen molar-refractivity contribution in [3.8, 4) is 17.0 Å². The van der Waals surface area contributed by atoms with Crippen LogP contribution in [-0.2, 0) is 12.8 Å². The van der Waals surface area contributed by atoms with Crippen molar-refractivity contribution in [3.05, 3.63) is 34.2 Å². The second kappa shape index (κ2) is 3.35. The van der Waals surface area contributed by atoms with E-state index in [-0.39, 0.29) is 0 Å². The highest BCUT2D eigenvalue weighted by Crippen LogP contribution is 2.36. The van der Waals surface area contributed by atoms with E-state index in [1.54, 1.807) is 18.4 Å². The summed E-state index contributed by atoms with van der Waals surface area (Å²) < 4.78 is 5.23. The fourth-order valence-corrected chi connectivity index (χ4v) is 2.83. The minimum absolute atomic E-state index is 0.937. The minimum Gasteiger partial charge on any atom is -0.497 e. The van der Waals surface area contributed by atoms with Crippen molar-refractivity contribution in [3.63, 3.8) is 0 Å². The molecule has 0 atom stereocenters. The molecule has 1 aromatic heterocycles. The number of nitrogens with zero attached hydrogens (tertiary/aromatic N) is 1. The lowest BCUT2D eigenvalue weighted by Crippen LogP contribution is -2.02. The number of aromatic nitrogens is 1. The largest absolute Gasteiger partial charge is 0.497 e. The third kappa shape index (κ3) is 1.35. The number of methoxy groups -OCH3 is 1. The topological polar surface area (TPSA) is 22.1 Å². The highest BCUT2D eigenvalue weighted by atomic mass is 32.1. The fraction of sp³-hybridized carbons (Fsp3) is 0.250. The van der Waals surface area contributed by atoms with Crippen LogP contribution >= 0.6 is 11.3 Å². The number of fused-ring (bicyclic) bond motifs is 3. The first kappa shape index (κ1) is 8.92. The van der Waals surface area contributed by atoms with Crippen molar-refractivity contribution in [2.75, 3.05) is 7.11 Å². The molecule has 0 N–H and O–H groups in total. The van der Waals surface area contributed by atoms with Gasteiger partial charge in [-0.3, -0.25) is 0 Å². The Morgan fingerprint density at radius 3 is 3.13 bits per heavy atom. The molecule has 2 nitrogen and oxygen atoms in total. The van der Waals surface area contributed by atoms with Crippen LogP contribution in [0.15, 0.2) is 23.7 Å². The third-order valence-corrected chi connectivity index (χ3v) is 3.72. The maximum atomic E-state index is 5.23. The van der Waals surface area contributed by atoms with E-state index < -0.39 is 0 Å². The van der Waals surface area contributed by atoms with Crippen LogP contribution in [0.3, 0.4) is 0 Å². The molecule has 0 amide bonds. The van der Waals surface area contributed by atoms with E-state index >= 15 is 0 Å². The Morgan fingerprint density at radius 2 is 2.27 bits per heavy atom. The quantitative estimate of drug-likeness (QED) is 0.732. The zero-order chi connectivity index (χ0) is 10.3. The molecule has 0 spiro atoms. The van der Waals surface area contributed by atoms with Crippen LogP contribution < -0.4 is 4.74 Å². The van der Waals surface area contributed by atoms with Gasteiger partial charge in [-0.1, -0.05) is 0 Å². The molecule has 2 aromatic rings. The summed E-state index contributed by atoms with van der Waals surface area (Å²) in [6.45, 7) is 0. The molecule has 1 aliphatic carbocycles. The van der Waals surface area contributed by atoms with Crippen LogP contribution in [0.5, 0.6) is 5.75 Å². The predicted molar refractivity (Wildman–Crippen MR) is 61.5 cm³/mol. The Hall–Kier alpha value is -1.35. The molecule has 0 aliphatic heterocycles. The van der Waals surface area contributed by atoms with Crippen LogP contribution in [0.25, 0.3) is 11.3 Å². The molecule has 3 heteroatoms. The minimum atomic E-state index is 0.937. The van der Waals surface area contributed by atoms with E-state index in [9.17, 15) is 0 Å². The summed E-state index contributed by atoms with van der Waals surface area (Å²) in [5.41, 5.74) is 5.74. The summed E-state index contributed by atoms with van der Waals surface area (Å²) in [5, 5.41) is 0. The zero-order valence-electron chi connectivity index (χ0n) is 8.49. The highest BCUT2D eigenvalue weighted by molar-refractivity contribution is 7.10. The van der Waals surface area contributed by atoms with Crippen molar-refractivity contribution < 1.29 is 4.74 Å². The summed E-state index contributed by atoms with van der Waals surface area (Å²) in [7, 11) is 1.71. The number of benzene rings is 1. The van der Waals surface area contributed by atoms with Crippen molar-refractivity contribution >= 4 is 11.3 Å². The normalized spacial score (nSPS) is 13.1. The van der Waals surface area contributed by atoms with Gasteiger partial charge in [-0.15, -0.1) is 11.3 Å². The SMILES string of the molecule is COc1ccc2c(c1)CCc1scnc1-2. The van der Waals surface area contributed by atoms with Gasteiger partial charge in [-0.2, -0.15) is 0 Å². The van der Waals surface area contributed by atoms with E-state index in [4.69, 9.17) is 4.74 Å². The molecule has 0 unspecified atom stereocenters. The monoisotopic (exact) mass is 217 g/mol. The third-order valence-electron chi connectivity index (χ3n) is 2.83. The van der Waals surface area contributed by atoms with Gasteiger partial charge >= 0.3 is 0 Å². The standard InChI is InChI=1S/C12H11NOS/c1-14-9-3-4-10-8(6-9)2-5-11-12(10)13-7-15-11/h3-4,6-7H,2,5H2,1H3. The number of hydrogen-bond donors (Lipinski definition) is 0. The molecule has 1 heterocycles. The van der Waals surface area contributed by atoms with Crippen LogP contribution in [0.4, 0.5) is 0 Å². The van der Waals surface area contributed by atoms with Gasteiger partial charge in [0.25, 0.3) is 0 Å². The zero-order valence-corrected chi connectivity index (χ0v) is 9.30. The number of thiazole rings is 1. The Bertz CT molecular complexity index is 504. The molecule has 0 saturated carbocycles. The van der Waals surface area contributed by atoms with E-state index in [0.29, 0.717) is 0 Å². The number of aryl methyl sites for hydroxylation is 2. The summed E-state index contributed by atoms with van der Waals surface area (Å²) >= 11 is 1.76. The Labute approximate surface area is 92.6 Å². The fourth-order valence-electron chi connectivity index (χ4n) is 2.05. The number of ether oxygens (including phenoxy) is 1. The predicted octanol–water partition coefficient (Wildman–Crippen LogP) is 2.92. The average Bonchev–Trinajstić information content (AvgIpc) is 2.76. The van der Waals surface area contributed by atoms with E-state index in [2.05, 4.69) is 17.1 Å². The number of hydrogen-bond acceptors (Lipinski definition) is 3. The summed E-state index contributed by atoms with van der Waals surface area (Å²) in [6.07, 6.45) is 2.21. The maximum Gasteiger partial charge on any atom is 0.119 e. The van der Waals surface area contributed by atoms with Gasteiger partial charge in [-0.05, 0) is 36.6 Å². The first-order valence-corrected chi connectivity index (χ1v) is 5.86. The van der Waals surface area contributed by atoms with Gasteiger partial charge in [-0.25, -0.2) is 4.98 Å². The van der Waals surface area contributed by atoms with Crippen LogP contribution in [0.2, 0.25) is 0 Å². The summed E-state index contributed by atoms with van der Waals surface area (Å²) in [5.74, 6) is 0.937. The Morgan fingerprint density at radius 1 is 1.33 bits per heavy atom. The molecule has 0 saturated heterocycles. The molecule has 3 rings (SSSR count). The lowest BCUT2D eigenvalue weighted by Gasteiger charge is -2.15. The second-order valence-corrected chi connectivity index (χ2v) is 4.59. The molecule has 0 radical (unpaired) electrons. The van der Waals surface area contributed by atoms with Crippen molar-refractivity contribution in [2.24, 2.45) is 0 Å². The first-order valence-electron chi connectivity index (χ1n) is 4.98. The lowest BCUT2D eigenvalue weighted by atomic mass is 9.93. The van der Waals surface area contributed by atoms with Crippen molar-refractivity contribution in [1.82, 2.24) is 4.98 Å². The van der Waals surface area contributed by atoms with Crippen molar-refractivity contribution in [1.29, 1.82) is 0 Å². The molecular formula is C12H11NOS. The van der Waals surface area contributed by atoms with E-state index in [0.717, 1.165) is 18.6 Å². The average molecular weight is 217 g/mol. The van der Waals surface area contributed by atoms with Gasteiger partial charge in [0.1, 0.15) is 5.75 Å². The van der Waals surface area contributed by atoms with Crippen molar-refractivity contribution in [2.45, 2.75) is 12.8 Å². The van der Waals surface area contributed by atoms with Crippen LogP contribution in [0, 0.1) is 0 Å². The number of rotatable bonds is 1. The van der Waals surface area contributed by atoms with Gasteiger partial charge in [0.05, 0.1) is 18.3 Å². The first-order chi connectivity index (χ1) is 7.38. The molecule has 0 fully saturated rings. The van der Waals surface area contributed by atoms with Gasteiger partial charge in [0.2, 0.25) is 0 Å². The van der Waals surface area contributed by atoms with Gasteiger partial charge in [0.15, 0.2) is 0 Å². The maximum absolute atomic E-state index is 5.23. The highest BCUT2D eigenvalue weighted by Gasteiger charge is 2.18. The molecule has 76 valence electrons. The smallest absolute Gasteiger partial charge is 0.119 e. The van der Waals surface area contributed by atoms with E-state index in [1.165, 1.54) is 21.7 Å². The van der Waals surface area contributed by atoms with E-state index in [1.807, 2.05) is 11.6 Å². The van der Waals surface area contributed by atoms with Crippen LogP contribution in [-0.4, -0.2) is 12.1 Å². The van der Waals surface area contributed by atoms with Crippen LogP contribution in [0.1, 0.15) is 10.4 Å². The lowest BCUT2D eigenvalue weighted by molar-refractivity contribution is 0.414. The summed E-state index contributed by atoms with van der Waals surface area (Å²) in [6, 6.07) is 6.25. The molecular weight excluding hydrogens is 206 g/mol. The molecule has 1 aliphatic rings. The Balaban J connectivity index is 2.18. The van der Waals surface area contributed by atoms with Gasteiger partial charge in [0, 0.05) is 10.4 Å². The molecule has 15 heavy (non-hydrogen) atoms. The Kier molecular flexibility index (Phi) is 1.99.